The first kappa shape index (κ1) is 15.7. The van der Waals surface area contributed by atoms with Gasteiger partial charge >= 0.3 is 0 Å². The van der Waals surface area contributed by atoms with E-state index in [1.54, 1.807) is 18.5 Å². The Labute approximate surface area is 124 Å². The minimum Gasteiger partial charge on any atom is -0.394 e. The van der Waals surface area contributed by atoms with Gasteiger partial charge in [0.1, 0.15) is 6.04 Å². The summed E-state index contributed by atoms with van der Waals surface area (Å²) in [6.07, 6.45) is 5.91. The molecule has 0 radical (unpaired) electrons. The third-order valence-electron chi connectivity index (χ3n) is 3.36. The van der Waals surface area contributed by atoms with E-state index in [1.165, 1.54) is 0 Å². The van der Waals surface area contributed by atoms with Crippen LogP contribution in [0.1, 0.15) is 19.3 Å². The van der Waals surface area contributed by atoms with E-state index in [9.17, 15) is 4.79 Å². The van der Waals surface area contributed by atoms with Crippen LogP contribution in [0.25, 0.3) is 0 Å². The zero-order valence-corrected chi connectivity index (χ0v) is 12.1. The van der Waals surface area contributed by atoms with Crippen LogP contribution >= 0.6 is 0 Å². The Bertz CT molecular complexity index is 429. The van der Waals surface area contributed by atoms with Crippen molar-refractivity contribution in [3.63, 3.8) is 0 Å². The Morgan fingerprint density at radius 1 is 1.43 bits per heavy atom. The van der Waals surface area contributed by atoms with Crippen molar-refractivity contribution in [3.8, 4) is 0 Å². The molecule has 2 heterocycles. The molecule has 0 spiro atoms. The van der Waals surface area contributed by atoms with Crippen LogP contribution in [0.5, 0.6) is 0 Å². The molecule has 1 saturated heterocycles. The first-order valence-corrected chi connectivity index (χ1v) is 7.33. The molecule has 1 aromatic rings. The maximum atomic E-state index is 12.2. The Balaban J connectivity index is 1.76. The highest BCUT2D eigenvalue weighted by molar-refractivity contribution is 5.85. The van der Waals surface area contributed by atoms with Gasteiger partial charge in [-0.15, -0.1) is 0 Å². The van der Waals surface area contributed by atoms with Gasteiger partial charge in [0.2, 0.25) is 11.9 Å². The predicted octanol–water partition coefficient (Wildman–Crippen LogP) is -0.0394. The molecule has 1 unspecified atom stereocenters. The quantitative estimate of drug-likeness (QED) is 0.654. The second kappa shape index (κ2) is 8.53. The topological polar surface area (TPSA) is 87.6 Å². The summed E-state index contributed by atoms with van der Waals surface area (Å²) in [5.41, 5.74) is 0. The van der Waals surface area contributed by atoms with Crippen molar-refractivity contribution in [2.24, 2.45) is 0 Å². The van der Waals surface area contributed by atoms with Gasteiger partial charge in [-0.05, 0) is 25.3 Å². The molecule has 0 aromatic carbocycles. The molecule has 7 nitrogen and oxygen atoms in total. The van der Waals surface area contributed by atoms with Crippen LogP contribution < -0.4 is 10.2 Å². The van der Waals surface area contributed by atoms with Gasteiger partial charge in [-0.25, -0.2) is 9.97 Å². The van der Waals surface area contributed by atoms with Crippen LogP contribution in [0, 0.1) is 0 Å². The van der Waals surface area contributed by atoms with E-state index in [0.29, 0.717) is 25.7 Å². The summed E-state index contributed by atoms with van der Waals surface area (Å²) in [5, 5.41) is 11.5. The number of aliphatic hydroxyl groups excluding tert-OH is 1. The second-order valence-electron chi connectivity index (χ2n) is 4.88. The van der Waals surface area contributed by atoms with Crippen molar-refractivity contribution in [1.82, 2.24) is 15.3 Å². The monoisotopic (exact) mass is 294 g/mol. The normalized spacial score (nSPS) is 18.0. The molecule has 1 aromatic heterocycles. The molecule has 21 heavy (non-hydrogen) atoms. The summed E-state index contributed by atoms with van der Waals surface area (Å²) in [7, 11) is 0. The van der Waals surface area contributed by atoms with Crippen LogP contribution in [-0.2, 0) is 9.53 Å². The summed E-state index contributed by atoms with van der Waals surface area (Å²) in [5.74, 6) is 0.628. The van der Waals surface area contributed by atoms with Gasteiger partial charge in [-0.1, -0.05) is 0 Å². The van der Waals surface area contributed by atoms with E-state index >= 15 is 0 Å². The SMILES string of the molecule is O=C(NCCCOCCO)C1CCCN1c1ncccn1. The minimum absolute atomic E-state index is 0.0158. The van der Waals surface area contributed by atoms with Crippen LogP contribution in [0.4, 0.5) is 5.95 Å². The Morgan fingerprint density at radius 2 is 2.24 bits per heavy atom. The number of aliphatic hydroxyl groups is 1. The number of carbonyl (C=O) groups is 1. The molecule has 1 amide bonds. The first-order chi connectivity index (χ1) is 10.3. The average molecular weight is 294 g/mol. The fourth-order valence-corrected chi connectivity index (χ4v) is 2.39. The third kappa shape index (κ3) is 4.64. The zero-order valence-electron chi connectivity index (χ0n) is 12.1. The van der Waals surface area contributed by atoms with Gasteiger partial charge < -0.3 is 20.1 Å². The average Bonchev–Trinajstić information content (AvgIpc) is 3.01. The maximum Gasteiger partial charge on any atom is 0.242 e. The number of hydrogen-bond donors (Lipinski definition) is 2. The third-order valence-corrected chi connectivity index (χ3v) is 3.36. The first-order valence-electron chi connectivity index (χ1n) is 7.33. The molecule has 7 heteroatoms. The van der Waals surface area contributed by atoms with Crippen LogP contribution in [-0.4, -0.2) is 59.9 Å². The molecule has 2 N–H and O–H groups in total. The highest BCUT2D eigenvalue weighted by atomic mass is 16.5. The molecule has 116 valence electrons. The predicted molar refractivity (Wildman–Crippen MR) is 77.9 cm³/mol. The van der Waals surface area contributed by atoms with Crippen LogP contribution in [0.2, 0.25) is 0 Å². The molecule has 1 atom stereocenters. The minimum atomic E-state index is -0.189. The summed E-state index contributed by atoms with van der Waals surface area (Å²) >= 11 is 0. The lowest BCUT2D eigenvalue weighted by molar-refractivity contribution is -0.122. The molecule has 2 rings (SSSR count). The van der Waals surface area contributed by atoms with Crippen molar-refractivity contribution >= 4 is 11.9 Å². The summed E-state index contributed by atoms with van der Waals surface area (Å²) < 4.78 is 5.15. The molecule has 1 aliphatic rings. The van der Waals surface area contributed by atoms with Crippen molar-refractivity contribution < 1.29 is 14.6 Å². The van der Waals surface area contributed by atoms with Crippen molar-refractivity contribution in [1.29, 1.82) is 0 Å². The Morgan fingerprint density at radius 3 is 3.00 bits per heavy atom. The van der Waals surface area contributed by atoms with E-state index in [-0.39, 0.29) is 18.6 Å². The zero-order chi connectivity index (χ0) is 14.9. The largest absolute Gasteiger partial charge is 0.394 e. The van der Waals surface area contributed by atoms with E-state index in [2.05, 4.69) is 15.3 Å². The van der Waals surface area contributed by atoms with Gasteiger partial charge in [0, 0.05) is 32.1 Å². The number of aromatic nitrogens is 2. The number of carbonyl (C=O) groups excluding carboxylic acids is 1. The van der Waals surface area contributed by atoms with Crippen LogP contribution in [0.15, 0.2) is 18.5 Å². The molecule has 1 aliphatic heterocycles. The standard InChI is InChI=1S/C14H22N4O3/c19-9-11-21-10-3-7-15-13(20)12-4-1-8-18(12)14-16-5-2-6-17-14/h2,5-6,12,19H,1,3-4,7-11H2,(H,15,20). The lowest BCUT2D eigenvalue weighted by Crippen LogP contribution is -2.44. The van der Waals surface area contributed by atoms with E-state index < -0.39 is 0 Å². The lowest BCUT2D eigenvalue weighted by Gasteiger charge is -2.23. The summed E-state index contributed by atoms with van der Waals surface area (Å²) in [6.45, 7) is 2.29. The van der Waals surface area contributed by atoms with E-state index in [0.717, 1.165) is 25.8 Å². The van der Waals surface area contributed by atoms with Crippen molar-refractivity contribution in [2.75, 3.05) is 37.8 Å². The highest BCUT2D eigenvalue weighted by Gasteiger charge is 2.31. The number of nitrogens with zero attached hydrogens (tertiary/aromatic N) is 3. The molecule has 0 aliphatic carbocycles. The number of ether oxygens (including phenoxy) is 1. The number of nitrogens with one attached hydrogen (secondary N) is 1. The molecular formula is C14H22N4O3. The van der Waals surface area contributed by atoms with E-state index in [4.69, 9.17) is 9.84 Å². The summed E-state index contributed by atoms with van der Waals surface area (Å²) in [6, 6.07) is 1.58. The molecule has 1 fully saturated rings. The van der Waals surface area contributed by atoms with E-state index in [1.807, 2.05) is 4.90 Å². The van der Waals surface area contributed by atoms with Gasteiger partial charge in [0.05, 0.1) is 13.2 Å². The molecule has 0 saturated carbocycles. The molecule has 0 bridgehead atoms. The smallest absolute Gasteiger partial charge is 0.242 e. The Kier molecular flexibility index (Phi) is 6.36. The van der Waals surface area contributed by atoms with Crippen molar-refractivity contribution in [2.45, 2.75) is 25.3 Å². The van der Waals surface area contributed by atoms with Gasteiger partial charge in [0.25, 0.3) is 0 Å². The van der Waals surface area contributed by atoms with Crippen LogP contribution in [0.3, 0.4) is 0 Å². The second-order valence-corrected chi connectivity index (χ2v) is 4.88. The number of hydrogen-bond acceptors (Lipinski definition) is 6. The van der Waals surface area contributed by atoms with Gasteiger partial charge in [0.15, 0.2) is 0 Å². The van der Waals surface area contributed by atoms with Gasteiger partial charge in [-0.3, -0.25) is 4.79 Å². The molecular weight excluding hydrogens is 272 g/mol. The van der Waals surface area contributed by atoms with Crippen molar-refractivity contribution in [3.05, 3.63) is 18.5 Å². The fraction of sp³-hybridized carbons (Fsp3) is 0.643. The maximum absolute atomic E-state index is 12.2. The summed E-state index contributed by atoms with van der Waals surface area (Å²) in [4.78, 5) is 22.6. The van der Waals surface area contributed by atoms with Gasteiger partial charge in [-0.2, -0.15) is 0 Å². The fourth-order valence-electron chi connectivity index (χ4n) is 2.39. The Hall–Kier alpha value is -1.73. The number of anilines is 1. The number of amides is 1. The lowest BCUT2D eigenvalue weighted by atomic mass is 10.2. The highest BCUT2D eigenvalue weighted by Crippen LogP contribution is 2.21. The number of rotatable bonds is 8.